The molecule has 0 aliphatic heterocycles. The third-order valence-electron chi connectivity index (χ3n) is 2.86. The third-order valence-corrected chi connectivity index (χ3v) is 2.86. The molecule has 0 amide bonds. The Hall–Kier alpha value is -1.58. The van der Waals surface area contributed by atoms with Gasteiger partial charge in [0.05, 0.1) is 12.8 Å². The summed E-state index contributed by atoms with van der Waals surface area (Å²) >= 11 is 0. The van der Waals surface area contributed by atoms with E-state index < -0.39 is 6.43 Å². The van der Waals surface area contributed by atoms with Crippen LogP contribution in [0.2, 0.25) is 0 Å². The average molecular weight is 239 g/mol. The molecule has 0 fully saturated rings. The number of nitrogens with one attached hydrogen (secondary N) is 1. The molecule has 0 bridgehead atoms. The van der Waals surface area contributed by atoms with E-state index in [9.17, 15) is 8.78 Å². The van der Waals surface area contributed by atoms with Crippen molar-refractivity contribution in [1.82, 2.24) is 4.98 Å². The molecule has 2 rings (SSSR count). The standard InChI is InChI=1S/C13H15F2NO/c1-3-4-9-10-7-8(17-2)5-6-11(10)16-12(9)13(14)15/h5-7,13,16H,3-4H2,1-2H3. The Labute approximate surface area is 98.6 Å². The van der Waals surface area contributed by atoms with Gasteiger partial charge in [-0.2, -0.15) is 0 Å². The van der Waals surface area contributed by atoms with Crippen molar-refractivity contribution in [1.29, 1.82) is 0 Å². The van der Waals surface area contributed by atoms with Crippen LogP contribution in [0.15, 0.2) is 18.2 Å². The van der Waals surface area contributed by atoms with Crippen molar-refractivity contribution in [3.63, 3.8) is 0 Å². The molecule has 1 heterocycles. The summed E-state index contributed by atoms with van der Waals surface area (Å²) in [5.41, 5.74) is 1.48. The third kappa shape index (κ3) is 2.12. The van der Waals surface area contributed by atoms with E-state index >= 15 is 0 Å². The minimum absolute atomic E-state index is 0.0371. The van der Waals surface area contributed by atoms with E-state index in [2.05, 4.69) is 4.98 Å². The van der Waals surface area contributed by atoms with Crippen molar-refractivity contribution < 1.29 is 13.5 Å². The summed E-state index contributed by atoms with van der Waals surface area (Å²) in [6.45, 7) is 1.98. The Morgan fingerprint density at radius 1 is 1.35 bits per heavy atom. The molecule has 92 valence electrons. The molecule has 0 saturated carbocycles. The van der Waals surface area contributed by atoms with E-state index in [1.54, 1.807) is 19.2 Å². The molecule has 0 radical (unpaired) electrons. The first-order valence-corrected chi connectivity index (χ1v) is 5.64. The summed E-state index contributed by atoms with van der Waals surface area (Å²) < 4.78 is 30.9. The van der Waals surface area contributed by atoms with Crippen LogP contribution in [-0.4, -0.2) is 12.1 Å². The average Bonchev–Trinajstić information content (AvgIpc) is 2.68. The number of ether oxygens (including phenoxy) is 1. The van der Waals surface area contributed by atoms with E-state index in [1.165, 1.54) is 0 Å². The SMILES string of the molecule is CCCc1c(C(F)F)[nH]c2ccc(OC)cc12. The molecular weight excluding hydrogens is 224 g/mol. The number of aromatic amines is 1. The van der Waals surface area contributed by atoms with Gasteiger partial charge in [0.25, 0.3) is 6.43 Å². The van der Waals surface area contributed by atoms with Gasteiger partial charge in [0.15, 0.2) is 0 Å². The number of H-pyrrole nitrogens is 1. The molecule has 1 aromatic carbocycles. The number of methoxy groups -OCH3 is 1. The van der Waals surface area contributed by atoms with Crippen LogP contribution in [0.4, 0.5) is 8.78 Å². The lowest BCUT2D eigenvalue weighted by Gasteiger charge is -2.03. The quantitative estimate of drug-likeness (QED) is 0.854. The minimum atomic E-state index is -2.46. The summed E-state index contributed by atoms with van der Waals surface area (Å²) in [6, 6.07) is 5.35. The van der Waals surface area contributed by atoms with Crippen LogP contribution in [-0.2, 0) is 6.42 Å². The summed E-state index contributed by atoms with van der Waals surface area (Å²) in [5, 5.41) is 0.835. The van der Waals surface area contributed by atoms with Crippen LogP contribution in [0.5, 0.6) is 5.75 Å². The van der Waals surface area contributed by atoms with Crippen LogP contribution < -0.4 is 4.74 Å². The van der Waals surface area contributed by atoms with Gasteiger partial charge in [0, 0.05) is 10.9 Å². The highest BCUT2D eigenvalue weighted by Crippen LogP contribution is 2.32. The van der Waals surface area contributed by atoms with Crippen LogP contribution in [0, 0.1) is 0 Å². The van der Waals surface area contributed by atoms with Gasteiger partial charge in [-0.1, -0.05) is 13.3 Å². The number of alkyl halides is 2. The number of halogens is 2. The van der Waals surface area contributed by atoms with Gasteiger partial charge in [-0.25, -0.2) is 8.78 Å². The second-order valence-corrected chi connectivity index (χ2v) is 3.98. The molecule has 0 aliphatic carbocycles. The lowest BCUT2D eigenvalue weighted by molar-refractivity contribution is 0.146. The van der Waals surface area contributed by atoms with E-state index in [0.29, 0.717) is 17.7 Å². The molecule has 0 saturated heterocycles. The Morgan fingerprint density at radius 2 is 2.12 bits per heavy atom. The van der Waals surface area contributed by atoms with Crippen LogP contribution in [0.25, 0.3) is 10.9 Å². The number of aromatic nitrogens is 1. The zero-order valence-corrected chi connectivity index (χ0v) is 9.89. The van der Waals surface area contributed by atoms with E-state index in [4.69, 9.17) is 4.74 Å². The zero-order chi connectivity index (χ0) is 12.4. The molecule has 1 aromatic heterocycles. The molecule has 0 unspecified atom stereocenters. The van der Waals surface area contributed by atoms with Gasteiger partial charge in [-0.05, 0) is 30.2 Å². The predicted molar refractivity (Wildman–Crippen MR) is 63.8 cm³/mol. The lowest BCUT2D eigenvalue weighted by atomic mass is 10.1. The van der Waals surface area contributed by atoms with E-state index in [0.717, 1.165) is 17.3 Å². The fourth-order valence-corrected chi connectivity index (χ4v) is 2.08. The minimum Gasteiger partial charge on any atom is -0.497 e. The van der Waals surface area contributed by atoms with Gasteiger partial charge in [0.1, 0.15) is 5.75 Å². The van der Waals surface area contributed by atoms with Crippen molar-refractivity contribution in [3.8, 4) is 5.75 Å². The van der Waals surface area contributed by atoms with Gasteiger partial charge in [0.2, 0.25) is 0 Å². The first kappa shape index (κ1) is 11.9. The largest absolute Gasteiger partial charge is 0.497 e. The molecule has 4 heteroatoms. The van der Waals surface area contributed by atoms with E-state index in [-0.39, 0.29) is 5.69 Å². The Bertz CT molecular complexity index is 519. The molecule has 0 spiro atoms. The number of aryl methyl sites for hydroxylation is 1. The van der Waals surface area contributed by atoms with Gasteiger partial charge < -0.3 is 9.72 Å². The van der Waals surface area contributed by atoms with Crippen molar-refractivity contribution in [2.24, 2.45) is 0 Å². The Kier molecular flexibility index (Phi) is 3.31. The molecule has 0 aliphatic rings. The number of rotatable bonds is 4. The van der Waals surface area contributed by atoms with E-state index in [1.807, 2.05) is 13.0 Å². The predicted octanol–water partition coefficient (Wildman–Crippen LogP) is 4.07. The number of fused-ring (bicyclic) bond motifs is 1. The van der Waals surface area contributed by atoms with Crippen LogP contribution in [0.3, 0.4) is 0 Å². The number of hydrogen-bond acceptors (Lipinski definition) is 1. The normalized spacial score (nSPS) is 11.4. The molecular formula is C13H15F2NO. The van der Waals surface area contributed by atoms with Gasteiger partial charge in [-0.15, -0.1) is 0 Å². The summed E-state index contributed by atoms with van der Waals surface area (Å²) in [5.74, 6) is 0.690. The summed E-state index contributed by atoms with van der Waals surface area (Å²) in [4.78, 5) is 2.79. The fourth-order valence-electron chi connectivity index (χ4n) is 2.08. The highest BCUT2D eigenvalue weighted by Gasteiger charge is 2.18. The molecule has 17 heavy (non-hydrogen) atoms. The summed E-state index contributed by atoms with van der Waals surface area (Å²) in [6.07, 6.45) is -0.980. The van der Waals surface area contributed by atoms with Crippen molar-refractivity contribution >= 4 is 10.9 Å². The molecule has 0 atom stereocenters. The van der Waals surface area contributed by atoms with Crippen molar-refractivity contribution in [2.45, 2.75) is 26.2 Å². The second-order valence-electron chi connectivity index (χ2n) is 3.98. The first-order chi connectivity index (χ1) is 8.17. The number of benzene rings is 1. The van der Waals surface area contributed by atoms with Crippen molar-refractivity contribution in [3.05, 3.63) is 29.5 Å². The van der Waals surface area contributed by atoms with Crippen molar-refractivity contribution in [2.75, 3.05) is 7.11 Å². The highest BCUT2D eigenvalue weighted by molar-refractivity contribution is 5.86. The maximum atomic E-state index is 12.9. The topological polar surface area (TPSA) is 25.0 Å². The highest BCUT2D eigenvalue weighted by atomic mass is 19.3. The van der Waals surface area contributed by atoms with Gasteiger partial charge in [-0.3, -0.25) is 0 Å². The molecule has 2 aromatic rings. The summed E-state index contributed by atoms with van der Waals surface area (Å²) in [7, 11) is 1.57. The van der Waals surface area contributed by atoms with Gasteiger partial charge >= 0.3 is 0 Å². The number of hydrogen-bond donors (Lipinski definition) is 1. The second kappa shape index (κ2) is 4.73. The fraction of sp³-hybridized carbons (Fsp3) is 0.385. The maximum absolute atomic E-state index is 12.9. The maximum Gasteiger partial charge on any atom is 0.278 e. The lowest BCUT2D eigenvalue weighted by Crippen LogP contribution is -1.91. The first-order valence-electron chi connectivity index (χ1n) is 5.64. The zero-order valence-electron chi connectivity index (χ0n) is 9.89. The molecule has 2 nitrogen and oxygen atoms in total. The molecule has 1 N–H and O–H groups in total. The smallest absolute Gasteiger partial charge is 0.278 e. The van der Waals surface area contributed by atoms with Crippen LogP contribution >= 0.6 is 0 Å². The monoisotopic (exact) mass is 239 g/mol. The Morgan fingerprint density at radius 3 is 2.71 bits per heavy atom. The van der Waals surface area contributed by atoms with Crippen LogP contribution in [0.1, 0.15) is 31.0 Å². The Balaban J connectivity index is 2.63.